The highest BCUT2D eigenvalue weighted by molar-refractivity contribution is 5.78. The predicted molar refractivity (Wildman–Crippen MR) is 82.9 cm³/mol. The van der Waals surface area contributed by atoms with Gasteiger partial charge in [0.1, 0.15) is 5.82 Å². The molecule has 0 radical (unpaired) electrons. The number of piperazine rings is 1. The maximum atomic E-state index is 12.9. The van der Waals surface area contributed by atoms with E-state index >= 15 is 0 Å². The van der Waals surface area contributed by atoms with Crippen LogP contribution in [0.5, 0.6) is 0 Å². The van der Waals surface area contributed by atoms with Gasteiger partial charge in [-0.05, 0) is 45.0 Å². The molecule has 2 rings (SSSR count). The van der Waals surface area contributed by atoms with Gasteiger partial charge in [0.2, 0.25) is 5.91 Å². The third-order valence-corrected chi connectivity index (χ3v) is 3.45. The Morgan fingerprint density at radius 3 is 2.24 bits per heavy atom. The Morgan fingerprint density at radius 1 is 1.14 bits per heavy atom. The number of hydrogen-bond acceptors (Lipinski definition) is 3. The maximum Gasteiger partial charge on any atom is 0.234 e. The summed E-state index contributed by atoms with van der Waals surface area (Å²) in [6.45, 7) is 9.79. The van der Waals surface area contributed by atoms with E-state index in [9.17, 15) is 9.18 Å². The predicted octanol–water partition coefficient (Wildman–Crippen LogP) is 1.86. The third-order valence-electron chi connectivity index (χ3n) is 3.45. The lowest BCUT2D eigenvalue weighted by molar-refractivity contribution is -0.123. The topological polar surface area (TPSA) is 35.6 Å². The lowest BCUT2D eigenvalue weighted by Crippen LogP contribution is -2.51. The van der Waals surface area contributed by atoms with Crippen molar-refractivity contribution in [2.24, 2.45) is 0 Å². The van der Waals surface area contributed by atoms with Crippen LogP contribution in [0, 0.1) is 5.82 Å². The molecule has 0 unspecified atom stereocenters. The van der Waals surface area contributed by atoms with E-state index in [1.165, 1.54) is 12.1 Å². The first kappa shape index (κ1) is 15.8. The number of carbonyl (C=O) groups excluding carboxylic acids is 1. The zero-order valence-corrected chi connectivity index (χ0v) is 13.0. The average Bonchev–Trinajstić information content (AvgIpc) is 2.38. The van der Waals surface area contributed by atoms with E-state index in [0.29, 0.717) is 6.54 Å². The van der Waals surface area contributed by atoms with Gasteiger partial charge in [-0.2, -0.15) is 0 Å². The van der Waals surface area contributed by atoms with E-state index < -0.39 is 0 Å². The number of rotatable bonds is 3. The van der Waals surface area contributed by atoms with Crippen molar-refractivity contribution in [2.75, 3.05) is 37.6 Å². The number of halogens is 1. The molecule has 0 aromatic heterocycles. The Labute approximate surface area is 125 Å². The zero-order chi connectivity index (χ0) is 15.5. The van der Waals surface area contributed by atoms with Gasteiger partial charge in [-0.15, -0.1) is 0 Å². The number of nitrogens with zero attached hydrogens (tertiary/aromatic N) is 2. The molecule has 116 valence electrons. The number of anilines is 1. The Balaban J connectivity index is 1.80. The van der Waals surface area contributed by atoms with Crippen LogP contribution in [-0.2, 0) is 4.79 Å². The molecule has 4 nitrogen and oxygen atoms in total. The average molecular weight is 293 g/mol. The van der Waals surface area contributed by atoms with Crippen molar-refractivity contribution in [3.63, 3.8) is 0 Å². The fraction of sp³-hybridized carbons (Fsp3) is 0.562. The lowest BCUT2D eigenvalue weighted by Gasteiger charge is -2.36. The molecule has 1 aliphatic heterocycles. The normalized spacial score (nSPS) is 16.9. The number of nitrogens with one attached hydrogen (secondary N) is 1. The molecule has 1 aliphatic rings. The molecule has 0 bridgehead atoms. The van der Waals surface area contributed by atoms with Gasteiger partial charge in [-0.3, -0.25) is 9.69 Å². The summed E-state index contributed by atoms with van der Waals surface area (Å²) in [6.07, 6.45) is 0. The molecular weight excluding hydrogens is 269 g/mol. The second-order valence-electron chi connectivity index (χ2n) is 6.54. The fourth-order valence-corrected chi connectivity index (χ4v) is 2.48. The van der Waals surface area contributed by atoms with E-state index in [2.05, 4.69) is 15.1 Å². The van der Waals surface area contributed by atoms with Crippen molar-refractivity contribution in [3.05, 3.63) is 30.1 Å². The molecule has 0 aliphatic carbocycles. The Bertz CT molecular complexity index is 473. The molecule has 0 atom stereocenters. The number of carbonyl (C=O) groups is 1. The van der Waals surface area contributed by atoms with Crippen LogP contribution in [0.15, 0.2) is 24.3 Å². The summed E-state index contributed by atoms with van der Waals surface area (Å²) in [5.74, 6) is -0.144. The minimum atomic E-state index is -0.212. The van der Waals surface area contributed by atoms with Crippen molar-refractivity contribution < 1.29 is 9.18 Å². The van der Waals surface area contributed by atoms with E-state index in [-0.39, 0.29) is 17.3 Å². The molecule has 21 heavy (non-hydrogen) atoms. The minimum Gasteiger partial charge on any atom is -0.369 e. The van der Waals surface area contributed by atoms with Crippen LogP contribution in [0.25, 0.3) is 0 Å². The molecule has 1 saturated heterocycles. The highest BCUT2D eigenvalue weighted by atomic mass is 19.1. The summed E-state index contributed by atoms with van der Waals surface area (Å²) in [6, 6.07) is 6.57. The van der Waals surface area contributed by atoms with Crippen molar-refractivity contribution in [3.8, 4) is 0 Å². The summed E-state index contributed by atoms with van der Waals surface area (Å²) in [5.41, 5.74) is 0.850. The summed E-state index contributed by atoms with van der Waals surface area (Å²) in [7, 11) is 0. The molecule has 0 saturated carbocycles. The van der Waals surface area contributed by atoms with E-state index in [0.717, 1.165) is 31.9 Å². The molecule has 1 aromatic carbocycles. The first-order chi connectivity index (χ1) is 9.83. The fourth-order valence-electron chi connectivity index (χ4n) is 2.48. The zero-order valence-electron chi connectivity index (χ0n) is 13.0. The highest BCUT2D eigenvalue weighted by Gasteiger charge is 2.21. The van der Waals surface area contributed by atoms with Crippen LogP contribution in [0.1, 0.15) is 20.8 Å². The molecule has 1 N–H and O–H groups in total. The Morgan fingerprint density at radius 2 is 1.71 bits per heavy atom. The SMILES string of the molecule is CC(C)(C)NC(=O)CN1CCN(c2ccc(F)cc2)CC1. The largest absolute Gasteiger partial charge is 0.369 e. The standard InChI is InChI=1S/C16H24FN3O/c1-16(2,3)18-15(21)12-19-8-10-20(11-9-19)14-6-4-13(17)5-7-14/h4-7H,8-12H2,1-3H3,(H,18,21). The van der Waals surface area contributed by atoms with Gasteiger partial charge in [-0.1, -0.05) is 0 Å². The van der Waals surface area contributed by atoms with Crippen LogP contribution in [0.2, 0.25) is 0 Å². The quantitative estimate of drug-likeness (QED) is 0.924. The van der Waals surface area contributed by atoms with Crippen LogP contribution >= 0.6 is 0 Å². The van der Waals surface area contributed by atoms with Gasteiger partial charge in [0.05, 0.1) is 6.54 Å². The van der Waals surface area contributed by atoms with Gasteiger partial charge in [0.15, 0.2) is 0 Å². The third kappa shape index (κ3) is 5.01. The Kier molecular flexibility index (Phi) is 4.83. The molecule has 1 heterocycles. The summed E-state index contributed by atoms with van der Waals surface area (Å²) in [4.78, 5) is 16.3. The minimum absolute atomic E-state index is 0.0673. The second kappa shape index (κ2) is 6.43. The second-order valence-corrected chi connectivity index (χ2v) is 6.54. The van der Waals surface area contributed by atoms with E-state index in [1.807, 2.05) is 20.8 Å². The van der Waals surface area contributed by atoms with Crippen LogP contribution in [0.3, 0.4) is 0 Å². The van der Waals surface area contributed by atoms with E-state index in [1.54, 1.807) is 12.1 Å². The first-order valence-electron chi connectivity index (χ1n) is 7.37. The van der Waals surface area contributed by atoms with Gasteiger partial charge < -0.3 is 10.2 Å². The first-order valence-corrected chi connectivity index (χ1v) is 7.37. The van der Waals surface area contributed by atoms with Crippen LogP contribution in [0.4, 0.5) is 10.1 Å². The maximum absolute atomic E-state index is 12.9. The van der Waals surface area contributed by atoms with E-state index in [4.69, 9.17) is 0 Å². The molecule has 1 aromatic rings. The molecule has 1 amide bonds. The highest BCUT2D eigenvalue weighted by Crippen LogP contribution is 2.16. The van der Waals surface area contributed by atoms with Gasteiger partial charge in [0.25, 0.3) is 0 Å². The molecule has 1 fully saturated rings. The number of amides is 1. The van der Waals surface area contributed by atoms with Gasteiger partial charge >= 0.3 is 0 Å². The van der Waals surface area contributed by atoms with Crippen LogP contribution in [-0.4, -0.2) is 49.1 Å². The molecule has 5 heteroatoms. The number of hydrogen-bond donors (Lipinski definition) is 1. The summed E-state index contributed by atoms with van der Waals surface area (Å²) < 4.78 is 12.9. The van der Waals surface area contributed by atoms with Crippen molar-refractivity contribution in [1.29, 1.82) is 0 Å². The molecule has 0 spiro atoms. The van der Waals surface area contributed by atoms with Crippen molar-refractivity contribution in [2.45, 2.75) is 26.3 Å². The monoisotopic (exact) mass is 293 g/mol. The van der Waals surface area contributed by atoms with Gasteiger partial charge in [-0.25, -0.2) is 4.39 Å². The van der Waals surface area contributed by atoms with Crippen LogP contribution < -0.4 is 10.2 Å². The Hall–Kier alpha value is -1.62. The number of benzene rings is 1. The summed E-state index contributed by atoms with van der Waals surface area (Å²) >= 11 is 0. The molecular formula is C16H24FN3O. The summed E-state index contributed by atoms with van der Waals surface area (Å²) in [5, 5.41) is 2.98. The van der Waals surface area contributed by atoms with Crippen molar-refractivity contribution >= 4 is 11.6 Å². The van der Waals surface area contributed by atoms with Crippen molar-refractivity contribution in [1.82, 2.24) is 10.2 Å². The lowest BCUT2D eigenvalue weighted by atomic mass is 10.1. The smallest absolute Gasteiger partial charge is 0.234 e. The van der Waals surface area contributed by atoms with Gasteiger partial charge in [0, 0.05) is 37.4 Å².